The Morgan fingerprint density at radius 2 is 1.13 bits per heavy atom. The van der Waals surface area contributed by atoms with E-state index in [-0.39, 0.29) is 43.0 Å². The number of ketones is 1. The van der Waals surface area contributed by atoms with Gasteiger partial charge in [0.05, 0.1) is 18.8 Å². The molecule has 1 aliphatic rings. The Hall–Kier alpha value is -1.77. The van der Waals surface area contributed by atoms with Crippen molar-refractivity contribution in [2.75, 3.05) is 13.2 Å². The summed E-state index contributed by atoms with van der Waals surface area (Å²) in [6.45, 7) is 3.87. The Morgan fingerprint density at radius 1 is 0.679 bits per heavy atom. The normalized spacial score (nSPS) is 18.5. The molecule has 3 N–H and O–H groups in total. The predicted molar refractivity (Wildman–Crippen MR) is 216 cm³/mol. The van der Waals surface area contributed by atoms with Gasteiger partial charge in [0.25, 0.3) is 0 Å². The minimum Gasteiger partial charge on any atom is -0.462 e. The first-order chi connectivity index (χ1) is 25.8. The van der Waals surface area contributed by atoms with Gasteiger partial charge in [0.15, 0.2) is 6.10 Å². The molecule has 0 aromatic carbocycles. The smallest absolute Gasteiger partial charge is 0.306 e. The molecule has 0 heterocycles. The second-order valence-electron chi connectivity index (χ2n) is 15.9. The van der Waals surface area contributed by atoms with Crippen LogP contribution in [0.3, 0.4) is 0 Å². The average Bonchev–Trinajstić information content (AvgIpc) is 3.42. The Kier molecular flexibility index (Phi) is 32.2. The van der Waals surface area contributed by atoms with Crippen LogP contribution in [0.5, 0.6) is 0 Å². The topological polar surface area (TPSA) is 130 Å². The Morgan fingerprint density at radius 3 is 1.64 bits per heavy atom. The molecule has 1 saturated carbocycles. The highest BCUT2D eigenvalue weighted by atomic mass is 16.6. The molecule has 310 valence electrons. The highest BCUT2D eigenvalue weighted by molar-refractivity contribution is 5.84. The summed E-state index contributed by atoms with van der Waals surface area (Å²) in [5, 5.41) is 30.2. The third-order valence-electron chi connectivity index (χ3n) is 11.0. The van der Waals surface area contributed by atoms with Gasteiger partial charge in [-0.25, -0.2) is 0 Å². The molecule has 53 heavy (non-hydrogen) atoms. The quantitative estimate of drug-likeness (QED) is 0.0325. The van der Waals surface area contributed by atoms with Gasteiger partial charge in [0.2, 0.25) is 0 Å². The second kappa shape index (κ2) is 34.7. The summed E-state index contributed by atoms with van der Waals surface area (Å²) < 4.78 is 10.6. The summed E-state index contributed by atoms with van der Waals surface area (Å²) in [7, 11) is 0. The van der Waals surface area contributed by atoms with E-state index in [0.29, 0.717) is 25.7 Å². The molecular weight excluding hydrogens is 668 g/mol. The standard InChI is InChI=1S/C45H82O8/c1-3-5-7-8-9-10-11-12-13-14-15-16-17-18-19-20-21-22-27-31-44(50)52-37-39(36-46)53-45(51)32-28-24-23-26-30-40-41(43(49)35-42(40)48)34-33-38(47)29-25-6-4-2/h33-34,38-41,43,46-47,49H,3-32,35-37H2,1-2H3/b34-33+/t38-,39-,40+,41+,43+/m0/s1. The van der Waals surface area contributed by atoms with Gasteiger partial charge in [-0.05, 0) is 25.7 Å². The van der Waals surface area contributed by atoms with Crippen LogP contribution < -0.4 is 0 Å². The van der Waals surface area contributed by atoms with Crippen molar-refractivity contribution in [3.63, 3.8) is 0 Å². The molecule has 0 spiro atoms. The third-order valence-corrected chi connectivity index (χ3v) is 11.0. The van der Waals surface area contributed by atoms with Gasteiger partial charge in [0.1, 0.15) is 12.4 Å². The van der Waals surface area contributed by atoms with Gasteiger partial charge in [-0.3, -0.25) is 14.4 Å². The summed E-state index contributed by atoms with van der Waals surface area (Å²) in [6.07, 6.45) is 34.6. The maximum absolute atomic E-state index is 12.5. The zero-order valence-electron chi connectivity index (χ0n) is 34.3. The fourth-order valence-electron chi connectivity index (χ4n) is 7.51. The van der Waals surface area contributed by atoms with Crippen molar-refractivity contribution >= 4 is 17.7 Å². The van der Waals surface area contributed by atoms with E-state index in [4.69, 9.17) is 9.47 Å². The zero-order chi connectivity index (χ0) is 38.8. The Balaban J connectivity index is 2.01. The highest BCUT2D eigenvalue weighted by Crippen LogP contribution is 2.34. The van der Waals surface area contributed by atoms with Crippen molar-refractivity contribution in [2.24, 2.45) is 11.8 Å². The fraction of sp³-hybridized carbons (Fsp3) is 0.889. The number of carbonyl (C=O) groups is 3. The lowest BCUT2D eigenvalue weighted by Crippen LogP contribution is -2.28. The molecule has 5 atom stereocenters. The van der Waals surface area contributed by atoms with Gasteiger partial charge >= 0.3 is 11.9 Å². The molecule has 1 fully saturated rings. The van der Waals surface area contributed by atoms with E-state index in [1.807, 2.05) is 6.08 Å². The number of carbonyl (C=O) groups excluding carboxylic acids is 3. The Labute approximate surface area is 324 Å². The van der Waals surface area contributed by atoms with Crippen molar-refractivity contribution in [3.05, 3.63) is 12.2 Å². The zero-order valence-corrected chi connectivity index (χ0v) is 34.3. The van der Waals surface area contributed by atoms with Crippen molar-refractivity contribution < 1.29 is 39.2 Å². The molecule has 0 unspecified atom stereocenters. The van der Waals surface area contributed by atoms with E-state index in [1.54, 1.807) is 6.08 Å². The molecule has 0 bridgehead atoms. The lowest BCUT2D eigenvalue weighted by atomic mass is 9.88. The molecule has 8 heteroatoms. The number of hydrogen-bond donors (Lipinski definition) is 3. The number of rotatable bonds is 37. The number of hydrogen-bond acceptors (Lipinski definition) is 8. The predicted octanol–water partition coefficient (Wildman–Crippen LogP) is 10.7. The maximum Gasteiger partial charge on any atom is 0.306 e. The van der Waals surface area contributed by atoms with Gasteiger partial charge in [-0.2, -0.15) is 0 Å². The average molecular weight is 751 g/mol. The molecule has 0 aromatic heterocycles. The van der Waals surface area contributed by atoms with Crippen LogP contribution in [0.15, 0.2) is 12.2 Å². The maximum atomic E-state index is 12.5. The minimum atomic E-state index is -0.855. The summed E-state index contributed by atoms with van der Waals surface area (Å²) in [4.78, 5) is 37.0. The van der Waals surface area contributed by atoms with E-state index >= 15 is 0 Å². The van der Waals surface area contributed by atoms with Crippen molar-refractivity contribution in [3.8, 4) is 0 Å². The van der Waals surface area contributed by atoms with Crippen molar-refractivity contribution in [1.82, 2.24) is 0 Å². The van der Waals surface area contributed by atoms with Crippen LogP contribution in [-0.2, 0) is 23.9 Å². The molecule has 1 rings (SSSR count). The number of unbranched alkanes of at least 4 members (excludes halogenated alkanes) is 23. The van der Waals surface area contributed by atoms with Gasteiger partial charge in [-0.1, -0.05) is 180 Å². The lowest BCUT2D eigenvalue weighted by molar-refractivity contribution is -0.161. The molecule has 0 aromatic rings. The molecule has 0 saturated heterocycles. The van der Waals surface area contributed by atoms with Crippen LogP contribution in [0.1, 0.15) is 213 Å². The monoisotopic (exact) mass is 751 g/mol. The summed E-state index contributed by atoms with van der Waals surface area (Å²) in [5.41, 5.74) is 0. The minimum absolute atomic E-state index is 0.0810. The number of aliphatic hydroxyl groups is 3. The van der Waals surface area contributed by atoms with Crippen LogP contribution in [0.2, 0.25) is 0 Å². The number of Topliss-reactive ketones (excluding diaryl/α,β-unsaturated/α-hetero) is 1. The molecule has 0 radical (unpaired) electrons. The first kappa shape index (κ1) is 49.2. The van der Waals surface area contributed by atoms with Gasteiger partial charge in [0, 0.05) is 31.1 Å². The van der Waals surface area contributed by atoms with Crippen LogP contribution in [-0.4, -0.2) is 64.6 Å². The number of ether oxygens (including phenoxy) is 2. The molecule has 0 aliphatic heterocycles. The van der Waals surface area contributed by atoms with E-state index < -0.39 is 30.9 Å². The summed E-state index contributed by atoms with van der Waals surface area (Å²) in [5.74, 6) is -1.14. The number of aliphatic hydroxyl groups excluding tert-OH is 3. The largest absolute Gasteiger partial charge is 0.462 e. The van der Waals surface area contributed by atoms with Crippen LogP contribution in [0.25, 0.3) is 0 Å². The molecular formula is C45H82O8. The SMILES string of the molecule is CCCCCCCCCCCCCCCCCCCCCC(=O)OC[C@H](CO)OC(=O)CCCCCC[C@H]1C(=O)C[C@@H](O)[C@@H]1/C=C/[C@@H](O)CCCCC. The first-order valence-electron chi connectivity index (χ1n) is 22.3. The molecule has 8 nitrogen and oxygen atoms in total. The van der Waals surface area contributed by atoms with E-state index in [1.165, 1.54) is 103 Å². The fourth-order valence-corrected chi connectivity index (χ4v) is 7.51. The van der Waals surface area contributed by atoms with E-state index in [9.17, 15) is 29.7 Å². The van der Waals surface area contributed by atoms with Crippen molar-refractivity contribution in [1.29, 1.82) is 0 Å². The molecule has 0 amide bonds. The summed E-state index contributed by atoms with van der Waals surface area (Å²) >= 11 is 0. The number of esters is 2. The third kappa shape index (κ3) is 27.5. The van der Waals surface area contributed by atoms with E-state index in [2.05, 4.69) is 13.8 Å². The van der Waals surface area contributed by atoms with Gasteiger partial charge < -0.3 is 24.8 Å². The summed E-state index contributed by atoms with van der Waals surface area (Å²) in [6, 6.07) is 0. The van der Waals surface area contributed by atoms with Crippen molar-refractivity contribution in [2.45, 2.75) is 231 Å². The first-order valence-corrected chi connectivity index (χ1v) is 22.3. The van der Waals surface area contributed by atoms with Gasteiger partial charge in [-0.15, -0.1) is 0 Å². The van der Waals surface area contributed by atoms with E-state index in [0.717, 1.165) is 57.8 Å². The van der Waals surface area contributed by atoms with Crippen LogP contribution in [0, 0.1) is 11.8 Å². The lowest BCUT2D eigenvalue weighted by Gasteiger charge is -2.18. The molecule has 1 aliphatic carbocycles. The van der Waals surface area contributed by atoms with Crippen LogP contribution >= 0.6 is 0 Å². The highest BCUT2D eigenvalue weighted by Gasteiger charge is 2.39. The Bertz CT molecular complexity index is 920. The second-order valence-corrected chi connectivity index (χ2v) is 15.9. The van der Waals surface area contributed by atoms with Crippen LogP contribution in [0.4, 0.5) is 0 Å².